The maximum absolute atomic E-state index is 12.3. The first-order valence-corrected chi connectivity index (χ1v) is 8.12. The van der Waals surface area contributed by atoms with Gasteiger partial charge < -0.3 is 10.2 Å². The highest BCUT2D eigenvalue weighted by molar-refractivity contribution is 5.97. The maximum Gasteiger partial charge on any atom is 0.229 e. The number of hydrogen-bond acceptors (Lipinski definition) is 2. The Kier molecular flexibility index (Phi) is 5.22. The van der Waals surface area contributed by atoms with Crippen LogP contribution in [0, 0.1) is 5.92 Å². The number of likely N-dealkylation sites (tertiary alicyclic amines) is 1. The molecule has 4 nitrogen and oxygen atoms in total. The highest BCUT2D eigenvalue weighted by atomic mass is 16.2. The number of nitrogens with zero attached hydrogens (tertiary/aromatic N) is 1. The van der Waals surface area contributed by atoms with Crippen molar-refractivity contribution in [2.75, 3.05) is 11.9 Å². The van der Waals surface area contributed by atoms with Gasteiger partial charge in [-0.25, -0.2) is 0 Å². The average molecular weight is 302 g/mol. The number of rotatable bonds is 5. The van der Waals surface area contributed by atoms with E-state index in [4.69, 9.17) is 0 Å². The molecule has 120 valence electrons. The topological polar surface area (TPSA) is 49.4 Å². The lowest BCUT2D eigenvalue weighted by Crippen LogP contribution is -2.33. The summed E-state index contributed by atoms with van der Waals surface area (Å²) in [6.45, 7) is 8.83. The molecular weight excluding hydrogens is 276 g/mol. The predicted octanol–water partition coefficient (Wildman–Crippen LogP) is 3.40. The smallest absolute Gasteiger partial charge is 0.229 e. The summed E-state index contributed by atoms with van der Waals surface area (Å²) in [7, 11) is 0. The normalized spacial score (nSPS) is 19.6. The highest BCUT2D eigenvalue weighted by Gasteiger charge is 2.35. The van der Waals surface area contributed by atoms with Gasteiger partial charge in [-0.1, -0.05) is 26.0 Å². The zero-order valence-electron chi connectivity index (χ0n) is 13.9. The van der Waals surface area contributed by atoms with E-state index in [-0.39, 0.29) is 23.8 Å². The van der Waals surface area contributed by atoms with Crippen molar-refractivity contribution >= 4 is 17.5 Å². The zero-order chi connectivity index (χ0) is 16.3. The van der Waals surface area contributed by atoms with E-state index in [0.717, 1.165) is 12.1 Å². The van der Waals surface area contributed by atoms with Crippen LogP contribution in [0.1, 0.15) is 52.0 Å². The van der Waals surface area contributed by atoms with E-state index in [9.17, 15) is 9.59 Å². The second kappa shape index (κ2) is 6.95. The molecule has 1 aliphatic rings. The Bertz CT molecular complexity index is 537. The van der Waals surface area contributed by atoms with E-state index in [2.05, 4.69) is 31.3 Å². The SMILES string of the molecule is CC[C@H](C)c1ccc(NC(=O)[C@@H]2CC(=O)N(C(C)C)C2)cc1. The summed E-state index contributed by atoms with van der Waals surface area (Å²) in [5.41, 5.74) is 2.08. The summed E-state index contributed by atoms with van der Waals surface area (Å²) in [6, 6.07) is 8.15. The van der Waals surface area contributed by atoms with Crippen molar-refractivity contribution in [3.63, 3.8) is 0 Å². The van der Waals surface area contributed by atoms with Crippen molar-refractivity contribution in [3.05, 3.63) is 29.8 Å². The number of nitrogens with one attached hydrogen (secondary N) is 1. The number of hydrogen-bond donors (Lipinski definition) is 1. The van der Waals surface area contributed by atoms with Crippen molar-refractivity contribution in [1.82, 2.24) is 4.90 Å². The molecule has 0 spiro atoms. The van der Waals surface area contributed by atoms with E-state index in [0.29, 0.717) is 18.9 Å². The molecule has 1 heterocycles. The Labute approximate surface area is 132 Å². The number of amides is 2. The van der Waals surface area contributed by atoms with Crippen LogP contribution in [0.15, 0.2) is 24.3 Å². The van der Waals surface area contributed by atoms with Crippen molar-refractivity contribution in [2.24, 2.45) is 5.92 Å². The molecule has 2 amide bonds. The molecule has 1 saturated heterocycles. The molecular formula is C18H26N2O2. The van der Waals surface area contributed by atoms with Crippen LogP contribution < -0.4 is 5.32 Å². The van der Waals surface area contributed by atoms with Gasteiger partial charge >= 0.3 is 0 Å². The molecule has 2 atom stereocenters. The molecule has 0 bridgehead atoms. The van der Waals surface area contributed by atoms with Crippen LogP contribution in [0.25, 0.3) is 0 Å². The minimum atomic E-state index is -0.246. The molecule has 0 aromatic heterocycles. The zero-order valence-corrected chi connectivity index (χ0v) is 13.9. The van der Waals surface area contributed by atoms with Gasteiger partial charge in [0.2, 0.25) is 11.8 Å². The van der Waals surface area contributed by atoms with E-state index in [1.165, 1.54) is 5.56 Å². The van der Waals surface area contributed by atoms with Crippen LogP contribution in [0.4, 0.5) is 5.69 Å². The minimum Gasteiger partial charge on any atom is -0.339 e. The first kappa shape index (κ1) is 16.5. The molecule has 4 heteroatoms. The molecule has 1 aromatic rings. The number of benzene rings is 1. The summed E-state index contributed by atoms with van der Waals surface area (Å²) < 4.78 is 0. The molecule has 1 N–H and O–H groups in total. The standard InChI is InChI=1S/C18H26N2O2/c1-5-13(4)14-6-8-16(9-7-14)19-18(22)15-10-17(21)20(11-15)12(2)3/h6-9,12-13,15H,5,10-11H2,1-4H3,(H,19,22)/t13-,15+/m0/s1. The number of carbonyl (C=O) groups excluding carboxylic acids is 2. The highest BCUT2D eigenvalue weighted by Crippen LogP contribution is 2.23. The van der Waals surface area contributed by atoms with E-state index in [1.54, 1.807) is 4.90 Å². The molecule has 0 radical (unpaired) electrons. The molecule has 0 unspecified atom stereocenters. The van der Waals surface area contributed by atoms with Crippen LogP contribution in [0.3, 0.4) is 0 Å². The first-order valence-electron chi connectivity index (χ1n) is 8.12. The Morgan fingerprint density at radius 3 is 2.41 bits per heavy atom. The molecule has 1 aliphatic heterocycles. The molecule has 1 aromatic carbocycles. The predicted molar refractivity (Wildman–Crippen MR) is 88.7 cm³/mol. The summed E-state index contributed by atoms with van der Waals surface area (Å²) in [5, 5.41) is 2.93. The van der Waals surface area contributed by atoms with E-state index >= 15 is 0 Å². The number of anilines is 1. The molecule has 2 rings (SSSR count). The van der Waals surface area contributed by atoms with E-state index in [1.807, 2.05) is 26.0 Å². The fourth-order valence-electron chi connectivity index (χ4n) is 2.78. The van der Waals surface area contributed by atoms with Crippen LogP contribution in [0.5, 0.6) is 0 Å². The average Bonchev–Trinajstić information content (AvgIpc) is 2.89. The van der Waals surface area contributed by atoms with Crippen molar-refractivity contribution in [1.29, 1.82) is 0 Å². The van der Waals surface area contributed by atoms with Crippen molar-refractivity contribution < 1.29 is 9.59 Å². The summed E-state index contributed by atoms with van der Waals surface area (Å²) in [5.74, 6) is 0.288. The number of carbonyl (C=O) groups is 2. The van der Waals surface area contributed by atoms with Gasteiger partial charge in [0, 0.05) is 24.7 Å². The third-order valence-electron chi connectivity index (χ3n) is 4.51. The maximum atomic E-state index is 12.3. The van der Waals surface area contributed by atoms with Crippen molar-refractivity contribution in [3.8, 4) is 0 Å². The summed E-state index contributed by atoms with van der Waals surface area (Å²) >= 11 is 0. The molecule has 0 aliphatic carbocycles. The fourth-order valence-corrected chi connectivity index (χ4v) is 2.78. The van der Waals surface area contributed by atoms with Gasteiger partial charge in [0.15, 0.2) is 0 Å². The minimum absolute atomic E-state index is 0.0622. The van der Waals surface area contributed by atoms with Crippen LogP contribution >= 0.6 is 0 Å². The lowest BCUT2D eigenvalue weighted by Gasteiger charge is -2.20. The van der Waals surface area contributed by atoms with E-state index < -0.39 is 0 Å². The third kappa shape index (κ3) is 3.67. The molecule has 0 saturated carbocycles. The van der Waals surface area contributed by atoms with Gasteiger partial charge in [0.25, 0.3) is 0 Å². The van der Waals surface area contributed by atoms with Crippen molar-refractivity contribution in [2.45, 2.75) is 52.5 Å². The van der Waals surface area contributed by atoms with Gasteiger partial charge in [0.1, 0.15) is 0 Å². The van der Waals surface area contributed by atoms with Gasteiger partial charge in [-0.2, -0.15) is 0 Å². The largest absolute Gasteiger partial charge is 0.339 e. The van der Waals surface area contributed by atoms with Gasteiger partial charge in [-0.05, 0) is 43.9 Å². The summed E-state index contributed by atoms with van der Waals surface area (Å²) in [6.07, 6.45) is 1.41. The van der Waals surface area contributed by atoms with Gasteiger partial charge in [0.05, 0.1) is 5.92 Å². The fraction of sp³-hybridized carbons (Fsp3) is 0.556. The Morgan fingerprint density at radius 1 is 1.27 bits per heavy atom. The Morgan fingerprint density at radius 2 is 1.91 bits per heavy atom. The van der Waals surface area contributed by atoms with Crippen LogP contribution in [-0.4, -0.2) is 29.3 Å². The second-order valence-corrected chi connectivity index (χ2v) is 6.46. The van der Waals surface area contributed by atoms with Gasteiger partial charge in [-0.3, -0.25) is 9.59 Å². The van der Waals surface area contributed by atoms with Crippen LogP contribution in [-0.2, 0) is 9.59 Å². The first-order chi connectivity index (χ1) is 10.4. The van der Waals surface area contributed by atoms with Crippen LogP contribution in [0.2, 0.25) is 0 Å². The Balaban J connectivity index is 1.96. The lowest BCUT2D eigenvalue weighted by atomic mass is 9.98. The molecule has 1 fully saturated rings. The summed E-state index contributed by atoms with van der Waals surface area (Å²) in [4.78, 5) is 26.0. The Hall–Kier alpha value is -1.84. The third-order valence-corrected chi connectivity index (χ3v) is 4.51. The quantitative estimate of drug-likeness (QED) is 0.906. The second-order valence-electron chi connectivity index (χ2n) is 6.46. The molecule has 22 heavy (non-hydrogen) atoms. The lowest BCUT2D eigenvalue weighted by molar-refractivity contribution is -0.129. The monoisotopic (exact) mass is 302 g/mol. The van der Waals surface area contributed by atoms with Gasteiger partial charge in [-0.15, -0.1) is 0 Å².